The molecular formula is C28H27Cl2NO2. The lowest BCUT2D eigenvalue weighted by atomic mass is 9.76. The average molecular weight is 480 g/mol. The molecule has 0 unspecified atom stereocenters. The summed E-state index contributed by atoms with van der Waals surface area (Å²) in [7, 11) is 0. The van der Waals surface area contributed by atoms with E-state index in [0.717, 1.165) is 52.1 Å². The lowest BCUT2D eigenvalue weighted by molar-refractivity contribution is -0.121. The van der Waals surface area contributed by atoms with Gasteiger partial charge in [0.2, 0.25) is 5.91 Å². The van der Waals surface area contributed by atoms with Crippen LogP contribution in [0.15, 0.2) is 54.6 Å². The molecule has 0 fully saturated rings. The second kappa shape index (κ2) is 7.78. The highest BCUT2D eigenvalue weighted by molar-refractivity contribution is 6.31. The van der Waals surface area contributed by atoms with Crippen LogP contribution in [0.25, 0.3) is 0 Å². The van der Waals surface area contributed by atoms with Crippen LogP contribution in [0.3, 0.4) is 0 Å². The number of hydrogen-bond donors (Lipinski definition) is 0. The summed E-state index contributed by atoms with van der Waals surface area (Å²) in [4.78, 5) is 16.0. The molecule has 0 saturated carbocycles. The predicted octanol–water partition coefficient (Wildman–Crippen LogP) is 7.26. The Labute approximate surface area is 205 Å². The van der Waals surface area contributed by atoms with Crippen molar-refractivity contribution in [1.82, 2.24) is 0 Å². The van der Waals surface area contributed by atoms with Gasteiger partial charge in [-0.1, -0.05) is 41.4 Å². The van der Waals surface area contributed by atoms with Gasteiger partial charge in [-0.2, -0.15) is 0 Å². The summed E-state index contributed by atoms with van der Waals surface area (Å²) in [6, 6.07) is 17.7. The first-order valence-corrected chi connectivity index (χ1v) is 12.0. The molecule has 0 saturated heterocycles. The van der Waals surface area contributed by atoms with Crippen LogP contribution in [0.2, 0.25) is 10.0 Å². The molecule has 3 aromatic rings. The fourth-order valence-electron chi connectivity index (χ4n) is 5.03. The van der Waals surface area contributed by atoms with Crippen molar-refractivity contribution in [2.45, 2.75) is 58.1 Å². The molecule has 33 heavy (non-hydrogen) atoms. The van der Waals surface area contributed by atoms with E-state index >= 15 is 0 Å². The molecule has 0 bridgehead atoms. The highest BCUT2D eigenvalue weighted by atomic mass is 35.5. The topological polar surface area (TPSA) is 29.5 Å². The van der Waals surface area contributed by atoms with Gasteiger partial charge in [-0.3, -0.25) is 4.79 Å². The van der Waals surface area contributed by atoms with E-state index in [1.54, 1.807) is 0 Å². The molecule has 0 spiro atoms. The molecule has 1 amide bonds. The summed E-state index contributed by atoms with van der Waals surface area (Å²) in [6.45, 7) is 8.72. The standard InChI is InChI=1S/C28H27Cl2NO2/c1-17-5-7-21(29)14-19(17)16-31-24-9-8-22(30)15-23(24)28(4,26(31)32)20-6-10-25-18(13-20)11-12-27(2,3)33-25/h5-10,13-15H,11-12,16H2,1-4H3/t28-/m0/s1. The molecule has 0 radical (unpaired) electrons. The lowest BCUT2D eigenvalue weighted by Crippen LogP contribution is -2.39. The average Bonchev–Trinajstić information content (AvgIpc) is 2.97. The van der Waals surface area contributed by atoms with Crippen LogP contribution in [0.5, 0.6) is 5.75 Å². The highest BCUT2D eigenvalue weighted by Crippen LogP contribution is 2.49. The fourth-order valence-corrected chi connectivity index (χ4v) is 5.39. The van der Waals surface area contributed by atoms with Crippen LogP contribution < -0.4 is 9.64 Å². The van der Waals surface area contributed by atoms with Gasteiger partial charge in [0.1, 0.15) is 11.4 Å². The number of aryl methyl sites for hydroxylation is 2. The zero-order valence-corrected chi connectivity index (χ0v) is 20.8. The van der Waals surface area contributed by atoms with Crippen molar-refractivity contribution in [3.05, 3.63) is 92.5 Å². The largest absolute Gasteiger partial charge is 0.488 e. The van der Waals surface area contributed by atoms with E-state index in [-0.39, 0.29) is 11.5 Å². The second-order valence-electron chi connectivity index (χ2n) is 9.93. The number of hydrogen-bond acceptors (Lipinski definition) is 2. The monoisotopic (exact) mass is 479 g/mol. The molecule has 3 nitrogen and oxygen atoms in total. The van der Waals surface area contributed by atoms with Gasteiger partial charge in [0.05, 0.1) is 12.0 Å². The van der Waals surface area contributed by atoms with Crippen LogP contribution in [-0.4, -0.2) is 11.5 Å². The number of anilines is 1. The van der Waals surface area contributed by atoms with Crippen molar-refractivity contribution in [3.8, 4) is 5.75 Å². The second-order valence-corrected chi connectivity index (χ2v) is 10.8. The van der Waals surface area contributed by atoms with Crippen molar-refractivity contribution in [2.75, 3.05) is 4.90 Å². The number of halogens is 2. The number of nitrogens with zero attached hydrogens (tertiary/aromatic N) is 1. The van der Waals surface area contributed by atoms with E-state index in [1.165, 1.54) is 0 Å². The Hall–Kier alpha value is -2.49. The lowest BCUT2D eigenvalue weighted by Gasteiger charge is -2.34. The van der Waals surface area contributed by atoms with Crippen LogP contribution in [0.4, 0.5) is 5.69 Å². The first-order chi connectivity index (χ1) is 15.6. The molecule has 2 aliphatic rings. The van der Waals surface area contributed by atoms with Crippen molar-refractivity contribution in [2.24, 2.45) is 0 Å². The maximum Gasteiger partial charge on any atom is 0.242 e. The molecule has 0 N–H and O–H groups in total. The van der Waals surface area contributed by atoms with Gasteiger partial charge in [-0.05, 0) is 105 Å². The Bertz CT molecular complexity index is 1280. The smallest absolute Gasteiger partial charge is 0.242 e. The van der Waals surface area contributed by atoms with Crippen molar-refractivity contribution < 1.29 is 9.53 Å². The zero-order chi connectivity index (χ0) is 23.5. The van der Waals surface area contributed by atoms with Crippen LogP contribution in [-0.2, 0) is 23.2 Å². The Kier molecular flexibility index (Phi) is 5.26. The van der Waals surface area contributed by atoms with E-state index in [2.05, 4.69) is 19.9 Å². The van der Waals surface area contributed by atoms with Gasteiger partial charge in [0.25, 0.3) is 0 Å². The third-order valence-electron chi connectivity index (χ3n) is 7.12. The van der Waals surface area contributed by atoms with Gasteiger partial charge >= 0.3 is 0 Å². The third-order valence-corrected chi connectivity index (χ3v) is 7.59. The summed E-state index contributed by atoms with van der Waals surface area (Å²) in [5.41, 5.74) is 5.05. The number of fused-ring (bicyclic) bond motifs is 2. The molecule has 5 heteroatoms. The van der Waals surface area contributed by atoms with Crippen LogP contribution >= 0.6 is 23.2 Å². The summed E-state index contributed by atoms with van der Waals surface area (Å²) in [5.74, 6) is 0.943. The minimum absolute atomic E-state index is 0.0381. The number of amides is 1. The fraction of sp³-hybridized carbons (Fsp3) is 0.321. The summed E-state index contributed by atoms with van der Waals surface area (Å²) < 4.78 is 6.18. The molecule has 2 heterocycles. The Morgan fingerprint density at radius 2 is 1.70 bits per heavy atom. The molecule has 0 aliphatic carbocycles. The summed E-state index contributed by atoms with van der Waals surface area (Å²) in [6.07, 6.45) is 1.87. The van der Waals surface area contributed by atoms with Crippen LogP contribution in [0.1, 0.15) is 55.0 Å². The van der Waals surface area contributed by atoms with Crippen molar-refractivity contribution >= 4 is 34.8 Å². The van der Waals surface area contributed by atoms with E-state index in [1.807, 2.05) is 67.3 Å². The molecular weight excluding hydrogens is 453 g/mol. The molecule has 3 aromatic carbocycles. The zero-order valence-electron chi connectivity index (χ0n) is 19.3. The number of carbonyl (C=O) groups excluding carboxylic acids is 1. The van der Waals surface area contributed by atoms with E-state index in [9.17, 15) is 4.79 Å². The van der Waals surface area contributed by atoms with Crippen molar-refractivity contribution in [1.29, 1.82) is 0 Å². The molecule has 0 aromatic heterocycles. The van der Waals surface area contributed by atoms with Crippen LogP contribution in [0, 0.1) is 6.92 Å². The third kappa shape index (κ3) is 3.72. The Morgan fingerprint density at radius 1 is 0.970 bits per heavy atom. The first-order valence-electron chi connectivity index (χ1n) is 11.3. The predicted molar refractivity (Wildman–Crippen MR) is 135 cm³/mol. The minimum Gasteiger partial charge on any atom is -0.488 e. The van der Waals surface area contributed by atoms with Gasteiger partial charge in [0.15, 0.2) is 0 Å². The molecule has 170 valence electrons. The molecule has 2 aliphatic heterocycles. The number of benzene rings is 3. The van der Waals surface area contributed by atoms with Gasteiger partial charge in [-0.25, -0.2) is 0 Å². The molecule has 5 rings (SSSR count). The number of carbonyl (C=O) groups is 1. The Morgan fingerprint density at radius 3 is 2.48 bits per heavy atom. The maximum atomic E-state index is 14.1. The number of rotatable bonds is 3. The normalized spacial score (nSPS) is 20.9. The maximum absolute atomic E-state index is 14.1. The summed E-state index contributed by atoms with van der Waals surface area (Å²) >= 11 is 12.7. The molecule has 1 atom stereocenters. The van der Waals surface area contributed by atoms with Crippen molar-refractivity contribution in [3.63, 3.8) is 0 Å². The quantitative estimate of drug-likeness (QED) is 0.395. The Balaban J connectivity index is 1.60. The first kappa shape index (κ1) is 22.3. The van der Waals surface area contributed by atoms with Gasteiger partial charge in [0, 0.05) is 15.7 Å². The minimum atomic E-state index is -0.839. The van der Waals surface area contributed by atoms with E-state index < -0.39 is 5.41 Å². The van der Waals surface area contributed by atoms with Gasteiger partial charge < -0.3 is 9.64 Å². The number of ether oxygens (including phenoxy) is 1. The summed E-state index contributed by atoms with van der Waals surface area (Å²) in [5, 5.41) is 1.29. The highest BCUT2D eigenvalue weighted by Gasteiger charge is 2.49. The van der Waals surface area contributed by atoms with E-state index in [0.29, 0.717) is 16.6 Å². The van der Waals surface area contributed by atoms with E-state index in [4.69, 9.17) is 27.9 Å². The van der Waals surface area contributed by atoms with Gasteiger partial charge in [-0.15, -0.1) is 0 Å². The SMILES string of the molecule is Cc1ccc(Cl)cc1CN1C(=O)[C@@](C)(c2ccc3c(c2)CCC(C)(C)O3)c2cc(Cl)ccc21.